The predicted molar refractivity (Wildman–Crippen MR) is 72.0 cm³/mol. The highest BCUT2D eigenvalue weighted by atomic mass is 35.5. The average Bonchev–Trinajstić information content (AvgIpc) is 2.37. The lowest BCUT2D eigenvalue weighted by atomic mass is 10.2. The molecule has 17 heavy (non-hydrogen) atoms. The fourth-order valence-electron chi connectivity index (χ4n) is 1.76. The van der Waals surface area contributed by atoms with Crippen molar-refractivity contribution in [1.82, 2.24) is 0 Å². The zero-order chi connectivity index (χ0) is 12.1. The molecular formula is C14H14ClNO. The monoisotopic (exact) mass is 247 g/mol. The molecule has 0 saturated carbocycles. The lowest BCUT2D eigenvalue weighted by Gasteiger charge is -2.24. The summed E-state index contributed by atoms with van der Waals surface area (Å²) in [6.07, 6.45) is 0. The maximum Gasteiger partial charge on any atom is 0.0610 e. The van der Waals surface area contributed by atoms with Gasteiger partial charge in [-0.2, -0.15) is 0 Å². The molecule has 1 N–H and O–H groups in total. The van der Waals surface area contributed by atoms with Gasteiger partial charge >= 0.3 is 0 Å². The lowest BCUT2D eigenvalue weighted by molar-refractivity contribution is 0.305. The molecule has 3 heteroatoms. The second-order valence-corrected chi connectivity index (χ2v) is 4.13. The van der Waals surface area contributed by atoms with Gasteiger partial charge < -0.3 is 10.0 Å². The van der Waals surface area contributed by atoms with E-state index in [1.54, 1.807) is 0 Å². The van der Waals surface area contributed by atoms with Gasteiger partial charge in [0.05, 0.1) is 6.61 Å². The van der Waals surface area contributed by atoms with E-state index in [1.807, 2.05) is 59.5 Å². The predicted octanol–water partition coefficient (Wildman–Crippen LogP) is 3.47. The van der Waals surface area contributed by atoms with Crippen LogP contribution in [0.4, 0.5) is 11.4 Å². The van der Waals surface area contributed by atoms with Crippen molar-refractivity contribution < 1.29 is 5.11 Å². The van der Waals surface area contributed by atoms with Crippen LogP contribution in [0.3, 0.4) is 0 Å². The first kappa shape index (κ1) is 12.0. The van der Waals surface area contributed by atoms with Gasteiger partial charge in [-0.3, -0.25) is 0 Å². The summed E-state index contributed by atoms with van der Waals surface area (Å²) in [5, 5.41) is 9.85. The average molecular weight is 248 g/mol. The van der Waals surface area contributed by atoms with Crippen molar-refractivity contribution >= 4 is 23.0 Å². The Bertz CT molecular complexity index is 473. The molecule has 0 bridgehead atoms. The number of anilines is 2. The SMILES string of the molecule is OCCN(c1ccccc1)c1cccc(Cl)c1. The Morgan fingerprint density at radius 2 is 1.65 bits per heavy atom. The van der Waals surface area contributed by atoms with Crippen LogP contribution in [0, 0.1) is 0 Å². The molecule has 0 aliphatic rings. The van der Waals surface area contributed by atoms with Gasteiger partial charge in [0.2, 0.25) is 0 Å². The van der Waals surface area contributed by atoms with E-state index in [9.17, 15) is 0 Å². The minimum absolute atomic E-state index is 0.0986. The standard InChI is InChI=1S/C14H14ClNO/c15-12-5-4-8-14(11-12)16(9-10-17)13-6-2-1-3-7-13/h1-8,11,17H,9-10H2. The highest BCUT2D eigenvalue weighted by Crippen LogP contribution is 2.26. The Morgan fingerprint density at radius 1 is 0.941 bits per heavy atom. The van der Waals surface area contributed by atoms with Crippen molar-refractivity contribution in [2.75, 3.05) is 18.1 Å². The van der Waals surface area contributed by atoms with Crippen LogP contribution in [0.2, 0.25) is 5.02 Å². The molecule has 0 aliphatic heterocycles. The first-order valence-electron chi connectivity index (χ1n) is 5.50. The van der Waals surface area contributed by atoms with Crippen molar-refractivity contribution in [2.24, 2.45) is 0 Å². The van der Waals surface area contributed by atoms with Gasteiger partial charge in [-0.25, -0.2) is 0 Å². The third-order valence-electron chi connectivity index (χ3n) is 2.51. The zero-order valence-electron chi connectivity index (χ0n) is 9.38. The Labute approximate surface area is 106 Å². The molecule has 0 aromatic heterocycles. The molecule has 88 valence electrons. The summed E-state index contributed by atoms with van der Waals surface area (Å²) in [5.74, 6) is 0. The van der Waals surface area contributed by atoms with Crippen molar-refractivity contribution in [1.29, 1.82) is 0 Å². The van der Waals surface area contributed by atoms with Gasteiger partial charge in [-0.1, -0.05) is 35.9 Å². The summed E-state index contributed by atoms with van der Waals surface area (Å²) in [5.41, 5.74) is 2.03. The van der Waals surface area contributed by atoms with E-state index < -0.39 is 0 Å². The number of hydrogen-bond acceptors (Lipinski definition) is 2. The molecule has 0 aliphatic carbocycles. The molecule has 0 radical (unpaired) electrons. The number of para-hydroxylation sites is 1. The maximum absolute atomic E-state index is 9.15. The molecule has 0 unspecified atom stereocenters. The number of benzene rings is 2. The topological polar surface area (TPSA) is 23.5 Å². The second-order valence-electron chi connectivity index (χ2n) is 3.69. The minimum Gasteiger partial charge on any atom is -0.395 e. The number of hydrogen-bond donors (Lipinski definition) is 1. The van der Waals surface area contributed by atoms with E-state index in [0.29, 0.717) is 11.6 Å². The smallest absolute Gasteiger partial charge is 0.0610 e. The Hall–Kier alpha value is -1.51. The molecule has 2 aromatic rings. The third kappa shape index (κ3) is 2.99. The molecule has 0 heterocycles. The van der Waals surface area contributed by atoms with Crippen molar-refractivity contribution in [3.8, 4) is 0 Å². The second kappa shape index (κ2) is 5.71. The van der Waals surface area contributed by atoms with E-state index in [1.165, 1.54) is 0 Å². The molecular weight excluding hydrogens is 234 g/mol. The lowest BCUT2D eigenvalue weighted by Crippen LogP contribution is -2.20. The fourth-order valence-corrected chi connectivity index (χ4v) is 1.94. The Morgan fingerprint density at radius 3 is 2.29 bits per heavy atom. The molecule has 0 saturated heterocycles. The molecule has 2 aromatic carbocycles. The number of rotatable bonds is 4. The van der Waals surface area contributed by atoms with Crippen LogP contribution in [-0.2, 0) is 0 Å². The van der Waals surface area contributed by atoms with Gasteiger partial charge in [0, 0.05) is 22.9 Å². The maximum atomic E-state index is 9.15. The van der Waals surface area contributed by atoms with Crippen LogP contribution in [0.1, 0.15) is 0 Å². The molecule has 0 amide bonds. The van der Waals surface area contributed by atoms with Crippen molar-refractivity contribution in [3.63, 3.8) is 0 Å². The van der Waals surface area contributed by atoms with E-state index in [-0.39, 0.29) is 6.61 Å². The highest BCUT2D eigenvalue weighted by Gasteiger charge is 2.08. The van der Waals surface area contributed by atoms with Gasteiger partial charge in [-0.15, -0.1) is 0 Å². The number of aliphatic hydroxyl groups is 1. The van der Waals surface area contributed by atoms with Crippen LogP contribution in [0.25, 0.3) is 0 Å². The number of halogens is 1. The quantitative estimate of drug-likeness (QED) is 0.894. The van der Waals surface area contributed by atoms with E-state index in [2.05, 4.69) is 0 Å². The first-order chi connectivity index (χ1) is 8.31. The Kier molecular flexibility index (Phi) is 4.02. The summed E-state index contributed by atoms with van der Waals surface area (Å²) in [6, 6.07) is 17.6. The summed E-state index contributed by atoms with van der Waals surface area (Å²) in [7, 11) is 0. The van der Waals surface area contributed by atoms with Crippen molar-refractivity contribution in [2.45, 2.75) is 0 Å². The van der Waals surface area contributed by atoms with E-state index in [4.69, 9.17) is 16.7 Å². The summed E-state index contributed by atoms with van der Waals surface area (Å²) in [6.45, 7) is 0.645. The van der Waals surface area contributed by atoms with Crippen LogP contribution in [0.5, 0.6) is 0 Å². The van der Waals surface area contributed by atoms with E-state index >= 15 is 0 Å². The zero-order valence-corrected chi connectivity index (χ0v) is 10.1. The molecule has 0 spiro atoms. The molecule has 2 nitrogen and oxygen atoms in total. The van der Waals surface area contributed by atoms with Crippen molar-refractivity contribution in [3.05, 3.63) is 59.6 Å². The summed E-state index contributed by atoms with van der Waals surface area (Å²) >= 11 is 5.99. The van der Waals surface area contributed by atoms with Crippen LogP contribution in [-0.4, -0.2) is 18.3 Å². The molecule has 2 rings (SSSR count). The first-order valence-corrected chi connectivity index (χ1v) is 5.88. The minimum atomic E-state index is 0.0986. The number of aliphatic hydroxyl groups excluding tert-OH is 1. The Balaban J connectivity index is 2.35. The van der Waals surface area contributed by atoms with E-state index in [0.717, 1.165) is 11.4 Å². The van der Waals surface area contributed by atoms with Gasteiger partial charge in [0.25, 0.3) is 0 Å². The fraction of sp³-hybridized carbons (Fsp3) is 0.143. The van der Waals surface area contributed by atoms with Gasteiger partial charge in [-0.05, 0) is 30.3 Å². The largest absolute Gasteiger partial charge is 0.395 e. The van der Waals surface area contributed by atoms with Gasteiger partial charge in [0.1, 0.15) is 0 Å². The third-order valence-corrected chi connectivity index (χ3v) is 2.75. The normalized spacial score (nSPS) is 10.2. The number of nitrogens with zero attached hydrogens (tertiary/aromatic N) is 1. The summed E-state index contributed by atoms with van der Waals surface area (Å²) < 4.78 is 0. The molecule has 0 fully saturated rings. The molecule has 0 atom stereocenters. The van der Waals surface area contributed by atoms with Crippen LogP contribution >= 0.6 is 11.6 Å². The van der Waals surface area contributed by atoms with Crippen LogP contribution in [0.15, 0.2) is 54.6 Å². The van der Waals surface area contributed by atoms with Crippen LogP contribution < -0.4 is 4.90 Å². The highest BCUT2D eigenvalue weighted by molar-refractivity contribution is 6.30. The van der Waals surface area contributed by atoms with Gasteiger partial charge in [0.15, 0.2) is 0 Å². The summed E-state index contributed by atoms with van der Waals surface area (Å²) in [4.78, 5) is 2.03.